The van der Waals surface area contributed by atoms with Crippen molar-refractivity contribution in [1.82, 2.24) is 10.6 Å². The molecule has 0 radical (unpaired) electrons. The van der Waals surface area contributed by atoms with Crippen LogP contribution in [0.3, 0.4) is 0 Å². The molecule has 2 amide bonds. The smallest absolute Gasteiger partial charge is 0.315 e. The van der Waals surface area contributed by atoms with E-state index < -0.39 is 0 Å². The largest absolute Gasteiger partial charge is 0.394 e. The van der Waals surface area contributed by atoms with Crippen molar-refractivity contribution >= 4 is 11.7 Å². The van der Waals surface area contributed by atoms with E-state index in [9.17, 15) is 9.90 Å². The lowest BCUT2D eigenvalue weighted by Crippen LogP contribution is -2.41. The molecule has 0 bridgehead atoms. The van der Waals surface area contributed by atoms with E-state index in [2.05, 4.69) is 27.7 Å². The molecule has 3 N–H and O–H groups in total. The molecule has 1 aliphatic rings. The molecular weight excluding hydrogens is 314 g/mol. The van der Waals surface area contributed by atoms with Crippen molar-refractivity contribution in [2.24, 2.45) is 5.92 Å². The number of amides is 2. The van der Waals surface area contributed by atoms with Crippen LogP contribution >= 0.6 is 0 Å². The van der Waals surface area contributed by atoms with Crippen LogP contribution in [0, 0.1) is 5.92 Å². The first kappa shape index (κ1) is 17.3. The van der Waals surface area contributed by atoms with Crippen LogP contribution in [0.5, 0.6) is 0 Å². The average Bonchev–Trinajstić information content (AvgIpc) is 3.15. The normalized spacial score (nSPS) is 18.0. The lowest BCUT2D eigenvalue weighted by Gasteiger charge is -2.20. The molecule has 2 aromatic rings. The molecule has 1 heterocycles. The minimum absolute atomic E-state index is 0.122. The van der Waals surface area contributed by atoms with Crippen LogP contribution in [0.25, 0.3) is 0 Å². The summed E-state index contributed by atoms with van der Waals surface area (Å²) in [6, 6.07) is 19.2. The van der Waals surface area contributed by atoms with Gasteiger partial charge >= 0.3 is 6.03 Å². The standard InChI is InChI=1S/C20H25N3O2/c24-15-19(17-7-3-1-4-8-17)22-20(25)21-13-16-11-12-23(14-16)18-9-5-2-6-10-18/h1-10,16,19,24H,11-15H2,(H2,21,22,25)/t16-,19-/m1/s1. The van der Waals surface area contributed by atoms with Crippen molar-refractivity contribution in [3.8, 4) is 0 Å². The minimum atomic E-state index is -0.384. The number of aliphatic hydroxyl groups excluding tert-OH is 1. The van der Waals surface area contributed by atoms with Crippen molar-refractivity contribution in [3.63, 3.8) is 0 Å². The van der Waals surface area contributed by atoms with Crippen molar-refractivity contribution < 1.29 is 9.90 Å². The van der Waals surface area contributed by atoms with Gasteiger partial charge in [0.2, 0.25) is 0 Å². The molecule has 0 aliphatic carbocycles. The van der Waals surface area contributed by atoms with Gasteiger partial charge in [-0.25, -0.2) is 4.79 Å². The van der Waals surface area contributed by atoms with Crippen molar-refractivity contribution in [3.05, 3.63) is 66.2 Å². The van der Waals surface area contributed by atoms with Gasteiger partial charge in [0.05, 0.1) is 12.6 Å². The van der Waals surface area contributed by atoms with Gasteiger partial charge in [0.15, 0.2) is 0 Å². The molecule has 0 saturated carbocycles. The SMILES string of the molecule is O=C(NC[C@H]1CCN(c2ccccc2)C1)N[C@H](CO)c1ccccc1. The number of rotatable bonds is 6. The Bertz CT molecular complexity index is 663. The zero-order valence-corrected chi connectivity index (χ0v) is 14.3. The van der Waals surface area contributed by atoms with Gasteiger partial charge in [-0.15, -0.1) is 0 Å². The maximum Gasteiger partial charge on any atom is 0.315 e. The summed E-state index contributed by atoms with van der Waals surface area (Å²) in [6.07, 6.45) is 1.07. The van der Waals surface area contributed by atoms with Crippen LogP contribution in [-0.2, 0) is 0 Å². The second kappa shape index (κ2) is 8.53. The maximum atomic E-state index is 12.1. The lowest BCUT2D eigenvalue weighted by molar-refractivity contribution is 0.216. The van der Waals surface area contributed by atoms with Crippen LogP contribution < -0.4 is 15.5 Å². The molecule has 2 atom stereocenters. The summed E-state index contributed by atoms with van der Waals surface area (Å²) in [4.78, 5) is 14.5. The van der Waals surface area contributed by atoms with Gasteiger partial charge in [-0.1, -0.05) is 48.5 Å². The minimum Gasteiger partial charge on any atom is -0.394 e. The Morgan fingerprint density at radius 2 is 1.80 bits per heavy atom. The second-order valence-corrected chi connectivity index (χ2v) is 6.44. The third kappa shape index (κ3) is 4.73. The average molecular weight is 339 g/mol. The highest BCUT2D eigenvalue weighted by Crippen LogP contribution is 2.23. The Kier molecular flexibility index (Phi) is 5.90. The Balaban J connectivity index is 1.45. The van der Waals surface area contributed by atoms with Crippen LogP contribution in [0.15, 0.2) is 60.7 Å². The molecule has 5 nitrogen and oxygen atoms in total. The number of para-hydroxylation sites is 1. The predicted octanol–water partition coefficient (Wildman–Crippen LogP) is 2.55. The molecule has 25 heavy (non-hydrogen) atoms. The molecule has 0 unspecified atom stereocenters. The second-order valence-electron chi connectivity index (χ2n) is 6.44. The number of nitrogens with zero attached hydrogens (tertiary/aromatic N) is 1. The van der Waals surface area contributed by atoms with Crippen molar-refractivity contribution in [2.45, 2.75) is 12.5 Å². The summed E-state index contributed by atoms with van der Waals surface area (Å²) in [5.41, 5.74) is 2.13. The molecule has 1 aliphatic heterocycles. The monoisotopic (exact) mass is 339 g/mol. The van der Waals surface area contributed by atoms with Crippen molar-refractivity contribution in [2.75, 3.05) is 31.1 Å². The van der Waals surface area contributed by atoms with E-state index in [1.54, 1.807) is 0 Å². The van der Waals surface area contributed by atoms with Crippen LogP contribution in [-0.4, -0.2) is 37.4 Å². The summed E-state index contributed by atoms with van der Waals surface area (Å²) in [5.74, 6) is 0.440. The van der Waals surface area contributed by atoms with Crippen LogP contribution in [0.4, 0.5) is 10.5 Å². The fraction of sp³-hybridized carbons (Fsp3) is 0.350. The molecule has 1 fully saturated rings. The number of hydrogen-bond acceptors (Lipinski definition) is 3. The summed E-state index contributed by atoms with van der Waals surface area (Å²) < 4.78 is 0. The van der Waals surface area contributed by atoms with Gasteiger partial charge in [0.1, 0.15) is 0 Å². The van der Waals surface area contributed by atoms with E-state index in [-0.39, 0.29) is 18.7 Å². The van der Waals surface area contributed by atoms with Gasteiger partial charge in [-0.3, -0.25) is 0 Å². The predicted molar refractivity (Wildman–Crippen MR) is 99.6 cm³/mol. The van der Waals surface area contributed by atoms with E-state index in [0.29, 0.717) is 12.5 Å². The van der Waals surface area contributed by atoms with Crippen LogP contribution in [0.1, 0.15) is 18.0 Å². The number of benzene rings is 2. The van der Waals surface area contributed by atoms with Gasteiger partial charge < -0.3 is 20.6 Å². The van der Waals surface area contributed by atoms with E-state index in [1.165, 1.54) is 5.69 Å². The van der Waals surface area contributed by atoms with Gasteiger partial charge in [-0.05, 0) is 30.0 Å². The summed E-state index contributed by atoms with van der Waals surface area (Å²) in [7, 11) is 0. The highest BCUT2D eigenvalue weighted by molar-refractivity contribution is 5.74. The molecular formula is C20H25N3O2. The van der Waals surface area contributed by atoms with Gasteiger partial charge in [-0.2, -0.15) is 0 Å². The summed E-state index contributed by atoms with van der Waals surface area (Å²) in [5, 5.41) is 15.3. The number of carbonyl (C=O) groups is 1. The van der Waals surface area contributed by atoms with Crippen molar-refractivity contribution in [1.29, 1.82) is 0 Å². The Hall–Kier alpha value is -2.53. The quantitative estimate of drug-likeness (QED) is 0.758. The number of nitrogens with one attached hydrogen (secondary N) is 2. The van der Waals surface area contributed by atoms with Gasteiger partial charge in [0.25, 0.3) is 0 Å². The molecule has 0 aromatic heterocycles. The third-order valence-corrected chi connectivity index (χ3v) is 4.65. The first-order valence-corrected chi connectivity index (χ1v) is 8.76. The lowest BCUT2D eigenvalue weighted by atomic mass is 10.1. The number of aliphatic hydroxyl groups is 1. The molecule has 2 aromatic carbocycles. The summed E-state index contributed by atoms with van der Waals surface area (Å²) >= 11 is 0. The fourth-order valence-corrected chi connectivity index (χ4v) is 3.24. The summed E-state index contributed by atoms with van der Waals surface area (Å²) in [6.45, 7) is 2.48. The Morgan fingerprint density at radius 1 is 1.12 bits per heavy atom. The maximum absolute atomic E-state index is 12.1. The molecule has 5 heteroatoms. The van der Waals surface area contributed by atoms with Gasteiger partial charge in [0, 0.05) is 25.3 Å². The molecule has 1 saturated heterocycles. The molecule has 0 spiro atoms. The molecule has 132 valence electrons. The fourth-order valence-electron chi connectivity index (χ4n) is 3.24. The Labute approximate surface area is 148 Å². The van der Waals surface area contributed by atoms with Crippen LogP contribution in [0.2, 0.25) is 0 Å². The zero-order chi connectivity index (χ0) is 17.5. The first-order chi connectivity index (χ1) is 12.3. The third-order valence-electron chi connectivity index (χ3n) is 4.65. The highest BCUT2D eigenvalue weighted by Gasteiger charge is 2.23. The first-order valence-electron chi connectivity index (χ1n) is 8.76. The van der Waals surface area contributed by atoms with E-state index in [1.807, 2.05) is 48.5 Å². The van der Waals surface area contributed by atoms with E-state index >= 15 is 0 Å². The highest BCUT2D eigenvalue weighted by atomic mass is 16.3. The Morgan fingerprint density at radius 3 is 2.48 bits per heavy atom. The number of urea groups is 1. The number of hydrogen-bond donors (Lipinski definition) is 3. The topological polar surface area (TPSA) is 64.6 Å². The molecule has 3 rings (SSSR count). The van der Waals surface area contributed by atoms with E-state index in [4.69, 9.17) is 0 Å². The number of carbonyl (C=O) groups excluding carboxylic acids is 1. The zero-order valence-electron chi connectivity index (χ0n) is 14.3. The number of anilines is 1. The van der Waals surface area contributed by atoms with E-state index in [0.717, 1.165) is 25.1 Å².